The first-order chi connectivity index (χ1) is 10.1. The Morgan fingerprint density at radius 2 is 1.81 bits per heavy atom. The molecule has 0 aliphatic rings. The zero-order valence-corrected chi connectivity index (χ0v) is 12.1. The Bertz CT molecular complexity index is 815. The van der Waals surface area contributed by atoms with Gasteiger partial charge in [0.15, 0.2) is 0 Å². The molecular formula is C16H12ClN3O. The summed E-state index contributed by atoms with van der Waals surface area (Å²) in [5.74, 6) is -0.235. The van der Waals surface area contributed by atoms with E-state index in [2.05, 4.69) is 15.3 Å². The Labute approximate surface area is 126 Å². The van der Waals surface area contributed by atoms with Crippen LogP contribution in [0.1, 0.15) is 16.1 Å². The summed E-state index contributed by atoms with van der Waals surface area (Å²) in [5.41, 5.74) is 2.02. The number of pyridine rings is 2. The van der Waals surface area contributed by atoms with E-state index in [1.54, 1.807) is 6.20 Å². The summed E-state index contributed by atoms with van der Waals surface area (Å²) in [4.78, 5) is 20.6. The van der Waals surface area contributed by atoms with Crippen molar-refractivity contribution in [2.45, 2.75) is 6.92 Å². The maximum absolute atomic E-state index is 12.4. The third-order valence-corrected chi connectivity index (χ3v) is 3.46. The number of nitrogens with one attached hydrogen (secondary N) is 1. The molecule has 3 aromatic rings. The second-order valence-corrected chi connectivity index (χ2v) is 5.01. The van der Waals surface area contributed by atoms with Crippen molar-refractivity contribution < 1.29 is 4.79 Å². The van der Waals surface area contributed by atoms with Crippen LogP contribution in [-0.2, 0) is 0 Å². The summed E-state index contributed by atoms with van der Waals surface area (Å²) in [6, 6.07) is 11.1. The van der Waals surface area contributed by atoms with Crippen LogP contribution in [0.25, 0.3) is 10.8 Å². The molecule has 0 aliphatic carbocycles. The summed E-state index contributed by atoms with van der Waals surface area (Å²) in [7, 11) is 0. The normalized spacial score (nSPS) is 10.6. The van der Waals surface area contributed by atoms with Crippen LogP contribution in [0.3, 0.4) is 0 Å². The van der Waals surface area contributed by atoms with Gasteiger partial charge in [-0.05, 0) is 24.4 Å². The second-order valence-electron chi connectivity index (χ2n) is 4.65. The number of anilines is 1. The van der Waals surface area contributed by atoms with Gasteiger partial charge < -0.3 is 5.32 Å². The third kappa shape index (κ3) is 2.71. The van der Waals surface area contributed by atoms with Crippen molar-refractivity contribution in [2.75, 3.05) is 5.32 Å². The van der Waals surface area contributed by atoms with Gasteiger partial charge in [0.05, 0.1) is 17.4 Å². The van der Waals surface area contributed by atoms with E-state index in [0.717, 1.165) is 16.5 Å². The molecule has 2 heterocycles. The van der Waals surface area contributed by atoms with Crippen molar-refractivity contribution in [2.24, 2.45) is 0 Å². The third-order valence-electron chi connectivity index (χ3n) is 3.16. The average Bonchev–Trinajstić information content (AvgIpc) is 2.50. The van der Waals surface area contributed by atoms with E-state index in [0.29, 0.717) is 16.4 Å². The zero-order valence-electron chi connectivity index (χ0n) is 11.3. The molecule has 0 saturated carbocycles. The number of carbonyl (C=O) groups excluding carboxylic acids is 1. The highest BCUT2D eigenvalue weighted by molar-refractivity contribution is 6.35. The zero-order chi connectivity index (χ0) is 14.8. The van der Waals surface area contributed by atoms with E-state index in [-0.39, 0.29) is 5.91 Å². The molecule has 0 spiro atoms. The van der Waals surface area contributed by atoms with Gasteiger partial charge >= 0.3 is 0 Å². The highest BCUT2D eigenvalue weighted by atomic mass is 35.5. The molecule has 0 unspecified atom stereocenters. The molecule has 3 rings (SSSR count). The SMILES string of the molecule is Cc1ccc(NC(=O)c2cnc(Cl)c3ccccc23)cn1. The van der Waals surface area contributed by atoms with Crippen molar-refractivity contribution in [1.29, 1.82) is 0 Å². The van der Waals surface area contributed by atoms with E-state index in [4.69, 9.17) is 11.6 Å². The first-order valence-corrected chi connectivity index (χ1v) is 6.80. The standard InChI is InChI=1S/C16H12ClN3O/c1-10-6-7-11(8-18-10)20-16(21)14-9-19-15(17)13-5-3-2-4-12(13)14/h2-9H,1H3,(H,20,21). The Hall–Kier alpha value is -2.46. The fraction of sp³-hybridized carbons (Fsp3) is 0.0625. The lowest BCUT2D eigenvalue weighted by Crippen LogP contribution is -2.13. The van der Waals surface area contributed by atoms with Gasteiger partial charge in [-0.1, -0.05) is 35.9 Å². The number of carbonyl (C=O) groups is 1. The van der Waals surface area contributed by atoms with Crippen LogP contribution in [0, 0.1) is 6.92 Å². The number of rotatable bonds is 2. The van der Waals surface area contributed by atoms with Gasteiger partial charge in [0, 0.05) is 17.3 Å². The van der Waals surface area contributed by atoms with Gasteiger partial charge in [-0.25, -0.2) is 4.98 Å². The summed E-state index contributed by atoms with van der Waals surface area (Å²) < 4.78 is 0. The van der Waals surface area contributed by atoms with Crippen molar-refractivity contribution in [3.05, 3.63) is 65.2 Å². The number of benzene rings is 1. The lowest BCUT2D eigenvalue weighted by atomic mass is 10.1. The van der Waals surface area contributed by atoms with E-state index in [1.165, 1.54) is 6.20 Å². The van der Waals surface area contributed by atoms with Crippen LogP contribution in [0.5, 0.6) is 0 Å². The molecule has 1 aromatic carbocycles. The van der Waals surface area contributed by atoms with Crippen molar-refractivity contribution in [3.8, 4) is 0 Å². The number of hydrogen-bond acceptors (Lipinski definition) is 3. The van der Waals surface area contributed by atoms with Crippen LogP contribution < -0.4 is 5.32 Å². The largest absolute Gasteiger partial charge is 0.321 e. The molecule has 0 bridgehead atoms. The van der Waals surface area contributed by atoms with Crippen molar-refractivity contribution >= 4 is 34.0 Å². The van der Waals surface area contributed by atoms with Crippen LogP contribution in [0.15, 0.2) is 48.8 Å². The molecule has 1 N–H and O–H groups in total. The molecule has 104 valence electrons. The second kappa shape index (κ2) is 5.50. The van der Waals surface area contributed by atoms with E-state index in [1.807, 2.05) is 43.3 Å². The number of fused-ring (bicyclic) bond motifs is 1. The van der Waals surface area contributed by atoms with E-state index >= 15 is 0 Å². The molecule has 1 amide bonds. The minimum Gasteiger partial charge on any atom is -0.321 e. The highest BCUT2D eigenvalue weighted by Gasteiger charge is 2.13. The molecule has 0 aliphatic heterocycles. The fourth-order valence-corrected chi connectivity index (χ4v) is 2.29. The predicted octanol–water partition coefficient (Wildman–Crippen LogP) is 3.84. The number of nitrogens with zero attached hydrogens (tertiary/aromatic N) is 2. The average molecular weight is 298 g/mol. The summed E-state index contributed by atoms with van der Waals surface area (Å²) in [5, 5.41) is 4.73. The van der Waals surface area contributed by atoms with Gasteiger partial charge in [0.1, 0.15) is 5.15 Å². The number of amides is 1. The van der Waals surface area contributed by atoms with Crippen LogP contribution in [-0.4, -0.2) is 15.9 Å². The first kappa shape index (κ1) is 13.5. The lowest BCUT2D eigenvalue weighted by Gasteiger charge is -2.08. The van der Waals surface area contributed by atoms with Crippen molar-refractivity contribution in [3.63, 3.8) is 0 Å². The van der Waals surface area contributed by atoms with Crippen LogP contribution >= 0.6 is 11.6 Å². The summed E-state index contributed by atoms with van der Waals surface area (Å²) in [6.45, 7) is 1.89. The van der Waals surface area contributed by atoms with Gasteiger partial charge in [-0.15, -0.1) is 0 Å². The lowest BCUT2D eigenvalue weighted by molar-refractivity contribution is 0.102. The van der Waals surface area contributed by atoms with E-state index in [9.17, 15) is 4.79 Å². The number of hydrogen-bond donors (Lipinski definition) is 1. The number of aromatic nitrogens is 2. The molecule has 4 nitrogen and oxygen atoms in total. The molecule has 5 heteroatoms. The number of halogens is 1. The maximum Gasteiger partial charge on any atom is 0.257 e. The molecular weight excluding hydrogens is 286 g/mol. The number of aryl methyl sites for hydroxylation is 1. The molecule has 0 radical (unpaired) electrons. The van der Waals surface area contributed by atoms with Gasteiger partial charge in [-0.3, -0.25) is 9.78 Å². The minimum atomic E-state index is -0.235. The fourth-order valence-electron chi connectivity index (χ4n) is 2.08. The Balaban J connectivity index is 1.98. The molecule has 0 fully saturated rings. The van der Waals surface area contributed by atoms with Crippen molar-refractivity contribution in [1.82, 2.24) is 9.97 Å². The van der Waals surface area contributed by atoms with Gasteiger partial charge in [0.25, 0.3) is 5.91 Å². The Morgan fingerprint density at radius 3 is 2.52 bits per heavy atom. The maximum atomic E-state index is 12.4. The predicted molar refractivity (Wildman–Crippen MR) is 83.7 cm³/mol. The highest BCUT2D eigenvalue weighted by Crippen LogP contribution is 2.24. The molecule has 0 saturated heterocycles. The Morgan fingerprint density at radius 1 is 1.05 bits per heavy atom. The van der Waals surface area contributed by atoms with Gasteiger partial charge in [0.2, 0.25) is 0 Å². The molecule has 21 heavy (non-hydrogen) atoms. The minimum absolute atomic E-state index is 0.235. The molecule has 2 aromatic heterocycles. The summed E-state index contributed by atoms with van der Waals surface area (Å²) >= 11 is 6.06. The Kier molecular flexibility index (Phi) is 3.54. The smallest absolute Gasteiger partial charge is 0.257 e. The topological polar surface area (TPSA) is 54.9 Å². The van der Waals surface area contributed by atoms with Crippen LogP contribution in [0.4, 0.5) is 5.69 Å². The first-order valence-electron chi connectivity index (χ1n) is 6.42. The monoisotopic (exact) mass is 297 g/mol. The molecule has 0 atom stereocenters. The van der Waals surface area contributed by atoms with Gasteiger partial charge in [-0.2, -0.15) is 0 Å². The quantitative estimate of drug-likeness (QED) is 0.731. The van der Waals surface area contributed by atoms with Crippen LogP contribution in [0.2, 0.25) is 5.15 Å². The summed E-state index contributed by atoms with van der Waals surface area (Å²) in [6.07, 6.45) is 3.11. The van der Waals surface area contributed by atoms with E-state index < -0.39 is 0 Å².